The predicted molar refractivity (Wildman–Crippen MR) is 74.6 cm³/mol. The normalized spacial score (nSPS) is 25.3. The molecule has 2 unspecified atom stereocenters. The van der Waals surface area contributed by atoms with E-state index in [-0.39, 0.29) is 17.6 Å². The van der Waals surface area contributed by atoms with E-state index in [1.807, 2.05) is 0 Å². The molecule has 2 aliphatic heterocycles. The van der Waals surface area contributed by atoms with Crippen LogP contribution < -0.4 is 9.64 Å². The van der Waals surface area contributed by atoms with Gasteiger partial charge in [-0.15, -0.1) is 0 Å². The maximum absolute atomic E-state index is 13.9. The van der Waals surface area contributed by atoms with Crippen LogP contribution >= 0.6 is 0 Å². The molecule has 2 saturated heterocycles. The molecular weight excluding hydrogens is 275 g/mol. The van der Waals surface area contributed by atoms with E-state index in [4.69, 9.17) is 4.74 Å². The molecule has 1 aromatic rings. The summed E-state index contributed by atoms with van der Waals surface area (Å²) < 4.78 is 18.7. The molecule has 2 fully saturated rings. The minimum Gasteiger partial charge on any atom is -0.494 e. The Balaban J connectivity index is 1.98. The molecular formula is C15H17FN2O3. The monoisotopic (exact) mass is 292 g/mol. The first-order valence-electron chi connectivity index (χ1n) is 7.01. The zero-order valence-electron chi connectivity index (χ0n) is 12.0. The van der Waals surface area contributed by atoms with Crippen molar-refractivity contribution in [3.63, 3.8) is 0 Å². The Morgan fingerprint density at radius 2 is 2.05 bits per heavy atom. The Morgan fingerprint density at radius 3 is 2.71 bits per heavy atom. The van der Waals surface area contributed by atoms with Gasteiger partial charge in [-0.05, 0) is 31.9 Å². The van der Waals surface area contributed by atoms with Crippen molar-refractivity contribution in [3.05, 3.63) is 24.0 Å². The number of carbonyl (C=O) groups excluding carboxylic acids is 2. The molecule has 0 bridgehead atoms. The number of piperazine rings is 1. The molecule has 0 N–H and O–H groups in total. The van der Waals surface area contributed by atoms with Crippen LogP contribution in [0.1, 0.15) is 19.8 Å². The van der Waals surface area contributed by atoms with Gasteiger partial charge in [-0.1, -0.05) is 0 Å². The Kier molecular flexibility index (Phi) is 3.31. The molecule has 112 valence electrons. The number of fused-ring (bicyclic) bond motifs is 1. The van der Waals surface area contributed by atoms with Gasteiger partial charge in [0.1, 0.15) is 12.1 Å². The Labute approximate surface area is 122 Å². The quantitative estimate of drug-likeness (QED) is 0.831. The molecule has 21 heavy (non-hydrogen) atoms. The molecule has 2 aliphatic rings. The van der Waals surface area contributed by atoms with E-state index < -0.39 is 17.9 Å². The number of halogens is 1. The average Bonchev–Trinajstić information content (AvgIpc) is 2.95. The van der Waals surface area contributed by atoms with Crippen LogP contribution in [0, 0.1) is 5.82 Å². The number of anilines is 1. The van der Waals surface area contributed by atoms with Crippen molar-refractivity contribution in [2.45, 2.75) is 31.8 Å². The lowest BCUT2D eigenvalue weighted by Gasteiger charge is -2.40. The number of carbonyl (C=O) groups is 2. The van der Waals surface area contributed by atoms with Crippen LogP contribution in [-0.2, 0) is 9.59 Å². The largest absolute Gasteiger partial charge is 0.494 e. The Morgan fingerprint density at radius 1 is 1.29 bits per heavy atom. The first-order valence-corrected chi connectivity index (χ1v) is 7.01. The molecule has 0 spiro atoms. The SMILES string of the molecule is COc1ccc(N2C(=O)C3CCCN3C(=O)C2C)cc1F. The maximum atomic E-state index is 13.9. The molecule has 2 heterocycles. The number of nitrogens with zero attached hydrogens (tertiary/aromatic N) is 2. The topological polar surface area (TPSA) is 49.9 Å². The summed E-state index contributed by atoms with van der Waals surface area (Å²) in [5.41, 5.74) is 0.394. The summed E-state index contributed by atoms with van der Waals surface area (Å²) in [6.07, 6.45) is 1.51. The summed E-state index contributed by atoms with van der Waals surface area (Å²) >= 11 is 0. The van der Waals surface area contributed by atoms with Crippen LogP contribution in [0.5, 0.6) is 5.75 Å². The van der Waals surface area contributed by atoms with Crippen LogP contribution in [0.2, 0.25) is 0 Å². The number of benzene rings is 1. The van der Waals surface area contributed by atoms with Crippen molar-refractivity contribution >= 4 is 17.5 Å². The number of methoxy groups -OCH3 is 1. The van der Waals surface area contributed by atoms with E-state index >= 15 is 0 Å². The van der Waals surface area contributed by atoms with Crippen molar-refractivity contribution in [3.8, 4) is 5.75 Å². The maximum Gasteiger partial charge on any atom is 0.250 e. The van der Waals surface area contributed by atoms with Gasteiger partial charge in [-0.3, -0.25) is 14.5 Å². The van der Waals surface area contributed by atoms with Gasteiger partial charge in [0.2, 0.25) is 5.91 Å². The first-order chi connectivity index (χ1) is 10.0. The minimum atomic E-state index is -0.611. The van der Waals surface area contributed by atoms with Gasteiger partial charge in [-0.2, -0.15) is 0 Å². The molecule has 0 saturated carbocycles. The fourth-order valence-corrected chi connectivity index (χ4v) is 3.15. The lowest BCUT2D eigenvalue weighted by molar-refractivity contribution is -0.143. The fourth-order valence-electron chi connectivity index (χ4n) is 3.15. The van der Waals surface area contributed by atoms with Crippen LogP contribution in [0.3, 0.4) is 0 Å². The van der Waals surface area contributed by atoms with Crippen LogP contribution in [0.25, 0.3) is 0 Å². The Bertz CT molecular complexity index is 605. The first kappa shape index (κ1) is 13.9. The van der Waals surface area contributed by atoms with E-state index in [0.29, 0.717) is 18.7 Å². The summed E-state index contributed by atoms with van der Waals surface area (Å²) in [5, 5.41) is 0. The standard InChI is InChI=1S/C15H17FN2O3/c1-9-14(19)17-7-3-4-12(17)15(20)18(9)10-5-6-13(21-2)11(16)8-10/h5-6,8-9,12H,3-4,7H2,1-2H3. The van der Waals surface area contributed by atoms with Gasteiger partial charge in [0.25, 0.3) is 5.91 Å². The fraction of sp³-hybridized carbons (Fsp3) is 0.467. The highest BCUT2D eigenvalue weighted by molar-refractivity contribution is 6.08. The smallest absolute Gasteiger partial charge is 0.250 e. The van der Waals surface area contributed by atoms with Crippen molar-refractivity contribution in [1.82, 2.24) is 4.90 Å². The summed E-state index contributed by atoms with van der Waals surface area (Å²) in [7, 11) is 1.38. The summed E-state index contributed by atoms with van der Waals surface area (Å²) in [5.74, 6) is -0.640. The number of ether oxygens (including phenoxy) is 1. The van der Waals surface area contributed by atoms with Crippen LogP contribution in [0.4, 0.5) is 10.1 Å². The molecule has 6 heteroatoms. The van der Waals surface area contributed by atoms with E-state index in [0.717, 1.165) is 6.42 Å². The molecule has 2 amide bonds. The second kappa shape index (κ2) is 5.02. The van der Waals surface area contributed by atoms with Crippen molar-refractivity contribution in [1.29, 1.82) is 0 Å². The van der Waals surface area contributed by atoms with Crippen LogP contribution in [-0.4, -0.2) is 42.5 Å². The number of rotatable bonds is 2. The van der Waals surface area contributed by atoms with E-state index in [2.05, 4.69) is 0 Å². The third kappa shape index (κ3) is 2.05. The van der Waals surface area contributed by atoms with Crippen LogP contribution in [0.15, 0.2) is 18.2 Å². The van der Waals surface area contributed by atoms with Gasteiger partial charge in [0, 0.05) is 18.3 Å². The van der Waals surface area contributed by atoms with Gasteiger partial charge in [-0.25, -0.2) is 4.39 Å². The van der Waals surface area contributed by atoms with Gasteiger partial charge < -0.3 is 9.64 Å². The van der Waals surface area contributed by atoms with Gasteiger partial charge >= 0.3 is 0 Å². The summed E-state index contributed by atoms with van der Waals surface area (Å²) in [6, 6.07) is 3.30. The minimum absolute atomic E-state index is 0.0756. The molecule has 5 nitrogen and oxygen atoms in total. The molecule has 0 aromatic heterocycles. The van der Waals surface area contributed by atoms with E-state index in [9.17, 15) is 14.0 Å². The summed E-state index contributed by atoms with van der Waals surface area (Å²) in [6.45, 7) is 2.31. The third-order valence-corrected chi connectivity index (χ3v) is 4.22. The number of hydrogen-bond donors (Lipinski definition) is 0. The van der Waals surface area contributed by atoms with E-state index in [1.165, 1.54) is 24.1 Å². The summed E-state index contributed by atoms with van der Waals surface area (Å²) in [4.78, 5) is 28.0. The van der Waals surface area contributed by atoms with Crippen molar-refractivity contribution in [2.75, 3.05) is 18.6 Å². The molecule has 2 atom stereocenters. The second-order valence-electron chi connectivity index (χ2n) is 5.39. The highest BCUT2D eigenvalue weighted by Gasteiger charge is 2.46. The molecule has 3 rings (SSSR count). The lowest BCUT2D eigenvalue weighted by Crippen LogP contribution is -2.62. The van der Waals surface area contributed by atoms with Crippen molar-refractivity contribution in [2.24, 2.45) is 0 Å². The zero-order valence-corrected chi connectivity index (χ0v) is 12.0. The zero-order chi connectivity index (χ0) is 15.1. The van der Waals surface area contributed by atoms with Gasteiger partial charge in [0.05, 0.1) is 7.11 Å². The third-order valence-electron chi connectivity index (χ3n) is 4.22. The molecule has 1 aromatic carbocycles. The van der Waals surface area contributed by atoms with E-state index in [1.54, 1.807) is 17.9 Å². The molecule has 0 radical (unpaired) electrons. The van der Waals surface area contributed by atoms with Crippen molar-refractivity contribution < 1.29 is 18.7 Å². The Hall–Kier alpha value is -2.11. The molecule has 0 aliphatic carbocycles. The number of hydrogen-bond acceptors (Lipinski definition) is 3. The second-order valence-corrected chi connectivity index (χ2v) is 5.39. The van der Waals surface area contributed by atoms with Gasteiger partial charge in [0.15, 0.2) is 11.6 Å². The lowest BCUT2D eigenvalue weighted by atomic mass is 10.0. The average molecular weight is 292 g/mol. The predicted octanol–water partition coefficient (Wildman–Crippen LogP) is 1.56. The highest BCUT2D eigenvalue weighted by Crippen LogP contribution is 2.32. The number of amides is 2. The highest BCUT2D eigenvalue weighted by atomic mass is 19.1.